The number of nitrogens with zero attached hydrogens (tertiary/aromatic N) is 1. The second kappa shape index (κ2) is 17.8. The molecule has 0 aromatic rings. The fraction of sp³-hybridized carbons (Fsp3) is 1.00. The molecule has 0 aromatic carbocycles. The van der Waals surface area contributed by atoms with Crippen LogP contribution in [0.1, 0.15) is 212 Å². The summed E-state index contributed by atoms with van der Waals surface area (Å²) in [6, 6.07) is 2.75. The van der Waals surface area contributed by atoms with E-state index in [1.54, 1.807) is 193 Å². The summed E-state index contributed by atoms with van der Waals surface area (Å²) >= 11 is 7.71. The Morgan fingerprint density at radius 2 is 0.741 bits per heavy atom. The van der Waals surface area contributed by atoms with E-state index in [0.717, 1.165) is 121 Å². The van der Waals surface area contributed by atoms with Gasteiger partial charge in [-0.3, -0.25) is 4.90 Å². The molecule has 12 aliphatic rings. The molecular weight excluding hydrogens is 759 g/mol. The average molecular weight is 846 g/mol. The van der Waals surface area contributed by atoms with Gasteiger partial charge in [-0.1, -0.05) is 77.0 Å². The Hall–Kier alpha value is 1.01. The van der Waals surface area contributed by atoms with E-state index >= 15 is 0 Å². The van der Waals surface area contributed by atoms with Gasteiger partial charge in [-0.15, -0.1) is 0 Å². The van der Waals surface area contributed by atoms with Crippen molar-refractivity contribution in [1.29, 1.82) is 0 Å². The quantitative estimate of drug-likeness (QED) is 0.262. The molecule has 12 rings (SSSR count). The normalized spacial score (nSPS) is 53.5. The predicted molar refractivity (Wildman–Crippen MR) is 253 cm³/mol. The van der Waals surface area contributed by atoms with E-state index in [1.165, 1.54) is 19.3 Å². The van der Waals surface area contributed by atoms with Crippen LogP contribution in [0.3, 0.4) is 0 Å². The summed E-state index contributed by atoms with van der Waals surface area (Å²) in [6.07, 6.45) is 51.9. The third-order valence-electron chi connectivity index (χ3n) is 21.9. The van der Waals surface area contributed by atoms with Crippen LogP contribution in [0, 0.1) is 71.0 Å². The standard InChI is InChI=1S/C54H87NS3/c1-2-11-34(12-3-1)40-13-4-5-14-41(40)35-21-25-37(26-22-35)55(39-29-31-50-47(33-39)43-15-6-8-19-48(43)56-50)38-27-23-36(24-28-38)42-17-10-18-44-45-30-32-51-52(54(45)58-53(42)44)46-16-7-9-20-49(46)57-51/h34-54H,1-33H2. The van der Waals surface area contributed by atoms with Crippen LogP contribution in [0.15, 0.2) is 0 Å². The van der Waals surface area contributed by atoms with Gasteiger partial charge in [-0.05, 0) is 206 Å². The molecule has 0 N–H and O–H groups in total. The molecule has 3 saturated heterocycles. The summed E-state index contributed by atoms with van der Waals surface area (Å²) < 4.78 is 0. The second-order valence-corrected chi connectivity index (χ2v) is 28.5. The molecule has 12 fully saturated rings. The Morgan fingerprint density at radius 3 is 1.47 bits per heavy atom. The summed E-state index contributed by atoms with van der Waals surface area (Å²) in [5, 5.41) is 6.24. The molecule has 0 spiro atoms. The first kappa shape index (κ1) is 40.5. The van der Waals surface area contributed by atoms with Gasteiger partial charge in [0.15, 0.2) is 0 Å². The molecule has 3 heterocycles. The van der Waals surface area contributed by atoms with Crippen LogP contribution < -0.4 is 0 Å². The molecule has 9 aliphatic carbocycles. The molecule has 326 valence electrons. The maximum absolute atomic E-state index is 3.43. The Labute approximate surface area is 370 Å². The number of hydrogen-bond acceptors (Lipinski definition) is 4. The van der Waals surface area contributed by atoms with E-state index < -0.39 is 0 Å². The Morgan fingerprint density at radius 1 is 0.259 bits per heavy atom. The smallest absolute Gasteiger partial charge is 0.0123 e. The lowest BCUT2D eigenvalue weighted by molar-refractivity contribution is -0.0194. The van der Waals surface area contributed by atoms with Gasteiger partial charge >= 0.3 is 0 Å². The van der Waals surface area contributed by atoms with Gasteiger partial charge in [0.1, 0.15) is 0 Å². The second-order valence-electron chi connectivity index (χ2n) is 24.2. The number of fused-ring (bicyclic) bond motifs is 10. The van der Waals surface area contributed by atoms with Crippen LogP contribution >= 0.6 is 35.3 Å². The first-order chi connectivity index (χ1) is 28.7. The van der Waals surface area contributed by atoms with Crippen molar-refractivity contribution in [3.8, 4) is 0 Å². The number of thioether (sulfide) groups is 3. The van der Waals surface area contributed by atoms with E-state index in [0.29, 0.717) is 0 Å². The van der Waals surface area contributed by atoms with E-state index in [4.69, 9.17) is 0 Å². The zero-order valence-electron chi connectivity index (χ0n) is 37.1. The zero-order chi connectivity index (χ0) is 38.2. The van der Waals surface area contributed by atoms with Gasteiger partial charge in [0.25, 0.3) is 0 Å². The molecule has 1 nitrogen and oxygen atoms in total. The van der Waals surface area contributed by atoms with Crippen LogP contribution in [0.5, 0.6) is 0 Å². The predicted octanol–water partition coefficient (Wildman–Crippen LogP) is 15.2. The highest BCUT2D eigenvalue weighted by Crippen LogP contribution is 2.66. The monoisotopic (exact) mass is 846 g/mol. The molecule has 0 amide bonds. The van der Waals surface area contributed by atoms with Crippen LogP contribution in [0.25, 0.3) is 0 Å². The van der Waals surface area contributed by atoms with E-state index in [9.17, 15) is 0 Å². The highest BCUT2D eigenvalue weighted by molar-refractivity contribution is 8.02. The minimum absolute atomic E-state index is 0.915. The fourth-order valence-corrected chi connectivity index (χ4v) is 26.5. The molecule has 0 radical (unpaired) electrons. The molecule has 58 heavy (non-hydrogen) atoms. The minimum atomic E-state index is 0.915. The number of rotatable bonds is 6. The third-order valence-corrected chi connectivity index (χ3v) is 27.6. The van der Waals surface area contributed by atoms with Crippen LogP contribution in [-0.4, -0.2) is 54.5 Å². The zero-order valence-corrected chi connectivity index (χ0v) is 39.6. The minimum Gasteiger partial charge on any atom is -0.294 e. The SMILES string of the molecule is C1CCC(C2CCCCC2C2CCC(N(C3CCC(C4CCCC5C6CCC7SC8CCCCC8C7C6SC45)CC3)C3CCC4SC5CCCCC5C4C3)CC2)CC1. The lowest BCUT2D eigenvalue weighted by atomic mass is 9.61. The van der Waals surface area contributed by atoms with Crippen LogP contribution in [0.4, 0.5) is 0 Å². The average Bonchev–Trinajstić information content (AvgIpc) is 3.98. The van der Waals surface area contributed by atoms with Gasteiger partial charge in [0.05, 0.1) is 0 Å². The fourth-order valence-electron chi connectivity index (χ4n) is 19.6. The lowest BCUT2D eigenvalue weighted by Crippen LogP contribution is -2.54. The maximum Gasteiger partial charge on any atom is 0.0123 e. The highest BCUT2D eigenvalue weighted by atomic mass is 32.2. The lowest BCUT2D eigenvalue weighted by Gasteiger charge is -2.52. The Kier molecular flexibility index (Phi) is 12.4. The van der Waals surface area contributed by atoms with Crippen molar-refractivity contribution in [3.05, 3.63) is 0 Å². The van der Waals surface area contributed by atoms with Gasteiger partial charge < -0.3 is 0 Å². The molecule has 9 saturated carbocycles. The van der Waals surface area contributed by atoms with Crippen LogP contribution in [0.2, 0.25) is 0 Å². The van der Waals surface area contributed by atoms with Gasteiger partial charge in [-0.25, -0.2) is 0 Å². The largest absolute Gasteiger partial charge is 0.294 e. The van der Waals surface area contributed by atoms with Gasteiger partial charge in [0, 0.05) is 49.6 Å². The summed E-state index contributed by atoms with van der Waals surface area (Å²) in [4.78, 5) is 3.43. The summed E-state index contributed by atoms with van der Waals surface area (Å²) in [6.45, 7) is 0. The van der Waals surface area contributed by atoms with Crippen LogP contribution in [-0.2, 0) is 0 Å². The van der Waals surface area contributed by atoms with E-state index in [1.807, 2.05) is 0 Å². The Bertz CT molecular complexity index is 1360. The van der Waals surface area contributed by atoms with Crippen molar-refractivity contribution in [2.24, 2.45) is 71.0 Å². The first-order valence-electron chi connectivity index (χ1n) is 27.5. The highest BCUT2D eigenvalue weighted by Gasteiger charge is 2.60. The van der Waals surface area contributed by atoms with E-state index in [-0.39, 0.29) is 0 Å². The van der Waals surface area contributed by atoms with Crippen molar-refractivity contribution in [1.82, 2.24) is 4.90 Å². The molecule has 3 aliphatic heterocycles. The molecule has 16 atom stereocenters. The molecule has 0 aromatic heterocycles. The van der Waals surface area contributed by atoms with Crippen molar-refractivity contribution >= 4 is 35.3 Å². The Balaban J connectivity index is 0.738. The summed E-state index contributed by atoms with van der Waals surface area (Å²) in [5.41, 5.74) is 0. The van der Waals surface area contributed by atoms with Crippen molar-refractivity contribution in [2.75, 3.05) is 0 Å². The summed E-state index contributed by atoms with van der Waals surface area (Å²) in [5.74, 6) is 13.0. The maximum atomic E-state index is 3.43. The summed E-state index contributed by atoms with van der Waals surface area (Å²) in [7, 11) is 0. The van der Waals surface area contributed by atoms with Crippen molar-refractivity contribution in [2.45, 2.75) is 262 Å². The number of hydrogen-bond donors (Lipinski definition) is 0. The van der Waals surface area contributed by atoms with Crippen molar-refractivity contribution < 1.29 is 0 Å². The first-order valence-corrected chi connectivity index (χ1v) is 30.3. The molecule has 16 unspecified atom stereocenters. The van der Waals surface area contributed by atoms with Crippen molar-refractivity contribution in [3.63, 3.8) is 0 Å². The topological polar surface area (TPSA) is 3.24 Å². The van der Waals surface area contributed by atoms with Gasteiger partial charge in [0.2, 0.25) is 0 Å². The van der Waals surface area contributed by atoms with E-state index in [2.05, 4.69) is 40.2 Å². The third kappa shape index (κ3) is 7.54. The molecule has 4 heteroatoms. The van der Waals surface area contributed by atoms with Gasteiger partial charge in [-0.2, -0.15) is 35.3 Å². The molecule has 0 bridgehead atoms. The molecular formula is C54H87NS3.